The Labute approximate surface area is 127 Å². The van der Waals surface area contributed by atoms with E-state index in [2.05, 4.69) is 15.1 Å². The Morgan fingerprint density at radius 3 is 2.73 bits per heavy atom. The van der Waals surface area contributed by atoms with Gasteiger partial charge in [-0.05, 0) is 5.56 Å². The summed E-state index contributed by atoms with van der Waals surface area (Å²) in [7, 11) is -3.39. The summed E-state index contributed by atoms with van der Waals surface area (Å²) in [6.45, 7) is 0.171. The normalized spacial score (nSPS) is 11.7. The SMILES string of the molecule is CS(=O)(=O)c1nccn1Cc1nc(Cc2ccccc2)no1. The number of nitrogens with zero attached hydrogens (tertiary/aromatic N) is 4. The van der Waals surface area contributed by atoms with E-state index in [1.807, 2.05) is 30.3 Å². The van der Waals surface area contributed by atoms with Gasteiger partial charge in [0, 0.05) is 25.1 Å². The van der Waals surface area contributed by atoms with Gasteiger partial charge in [-0.1, -0.05) is 35.5 Å². The highest BCUT2D eigenvalue weighted by Crippen LogP contribution is 2.11. The lowest BCUT2D eigenvalue weighted by molar-refractivity contribution is 0.363. The van der Waals surface area contributed by atoms with Crippen molar-refractivity contribution < 1.29 is 12.9 Å². The maximum Gasteiger partial charge on any atom is 0.246 e. The molecular weight excluding hydrogens is 304 g/mol. The molecule has 0 N–H and O–H groups in total. The average Bonchev–Trinajstić information content (AvgIpc) is 3.09. The van der Waals surface area contributed by atoms with Crippen molar-refractivity contribution in [2.45, 2.75) is 18.1 Å². The summed E-state index contributed by atoms with van der Waals surface area (Å²) in [6.07, 6.45) is 4.67. The van der Waals surface area contributed by atoms with Gasteiger partial charge >= 0.3 is 0 Å². The first-order valence-corrected chi connectivity index (χ1v) is 8.48. The summed E-state index contributed by atoms with van der Waals surface area (Å²) in [5, 5.41) is 3.90. The number of benzene rings is 1. The molecule has 3 rings (SSSR count). The summed E-state index contributed by atoms with van der Waals surface area (Å²) in [5.41, 5.74) is 1.08. The van der Waals surface area contributed by atoms with Crippen LogP contribution in [-0.4, -0.2) is 34.4 Å². The molecule has 2 heterocycles. The molecule has 0 saturated carbocycles. The first-order valence-electron chi connectivity index (χ1n) is 6.59. The van der Waals surface area contributed by atoms with Crippen molar-refractivity contribution in [2.75, 3.05) is 6.26 Å². The van der Waals surface area contributed by atoms with Crippen molar-refractivity contribution in [1.82, 2.24) is 19.7 Å². The van der Waals surface area contributed by atoms with Crippen molar-refractivity contribution in [3.05, 3.63) is 60.0 Å². The van der Waals surface area contributed by atoms with E-state index < -0.39 is 9.84 Å². The Kier molecular flexibility index (Phi) is 3.76. The van der Waals surface area contributed by atoms with Crippen molar-refractivity contribution in [1.29, 1.82) is 0 Å². The van der Waals surface area contributed by atoms with E-state index in [0.29, 0.717) is 18.1 Å². The van der Waals surface area contributed by atoms with E-state index in [1.54, 1.807) is 6.20 Å². The lowest BCUT2D eigenvalue weighted by Gasteiger charge is -2.01. The molecule has 0 aliphatic carbocycles. The predicted molar refractivity (Wildman–Crippen MR) is 78.0 cm³/mol. The van der Waals surface area contributed by atoms with Crippen molar-refractivity contribution in [2.24, 2.45) is 0 Å². The van der Waals surface area contributed by atoms with Gasteiger partial charge in [0.05, 0.1) is 0 Å². The molecule has 22 heavy (non-hydrogen) atoms. The molecule has 8 heteroatoms. The molecule has 0 fully saturated rings. The predicted octanol–water partition coefficient (Wildman–Crippen LogP) is 1.31. The minimum atomic E-state index is -3.39. The number of hydrogen-bond acceptors (Lipinski definition) is 6. The lowest BCUT2D eigenvalue weighted by Crippen LogP contribution is -2.10. The fourth-order valence-electron chi connectivity index (χ4n) is 2.09. The highest BCUT2D eigenvalue weighted by Gasteiger charge is 2.16. The number of rotatable bonds is 5. The Bertz CT molecular complexity index is 868. The number of sulfone groups is 1. The van der Waals surface area contributed by atoms with E-state index in [9.17, 15) is 8.42 Å². The molecule has 3 aromatic rings. The minimum absolute atomic E-state index is 0.0182. The average molecular weight is 318 g/mol. The highest BCUT2D eigenvalue weighted by atomic mass is 32.2. The van der Waals surface area contributed by atoms with Crippen LogP contribution in [0.25, 0.3) is 0 Å². The Morgan fingerprint density at radius 1 is 1.23 bits per heavy atom. The van der Waals surface area contributed by atoms with Crippen LogP contribution in [0.1, 0.15) is 17.3 Å². The van der Waals surface area contributed by atoms with E-state index >= 15 is 0 Å². The Hall–Kier alpha value is -2.48. The van der Waals surface area contributed by atoms with E-state index in [1.165, 1.54) is 10.8 Å². The summed E-state index contributed by atoms with van der Waals surface area (Å²) in [4.78, 5) is 8.13. The summed E-state index contributed by atoms with van der Waals surface area (Å²) in [6, 6.07) is 9.79. The fraction of sp³-hybridized carbons (Fsp3) is 0.214. The summed E-state index contributed by atoms with van der Waals surface area (Å²) in [5.74, 6) is 0.899. The molecule has 0 aliphatic rings. The number of imidazole rings is 1. The van der Waals surface area contributed by atoms with E-state index in [4.69, 9.17) is 4.52 Å². The van der Waals surface area contributed by atoms with E-state index in [0.717, 1.165) is 11.8 Å². The van der Waals surface area contributed by atoms with Crippen molar-refractivity contribution in [3.63, 3.8) is 0 Å². The number of hydrogen-bond donors (Lipinski definition) is 0. The van der Waals surface area contributed by atoms with Crippen molar-refractivity contribution >= 4 is 9.84 Å². The Balaban J connectivity index is 1.77. The van der Waals surface area contributed by atoms with Gasteiger partial charge in [-0.25, -0.2) is 13.4 Å². The third-order valence-electron chi connectivity index (χ3n) is 3.03. The van der Waals surface area contributed by atoms with Gasteiger partial charge in [0.1, 0.15) is 6.54 Å². The second-order valence-corrected chi connectivity index (χ2v) is 6.79. The lowest BCUT2D eigenvalue weighted by atomic mass is 10.1. The van der Waals surface area contributed by atoms with Gasteiger partial charge in [-0.15, -0.1) is 0 Å². The molecular formula is C14H14N4O3S. The zero-order valence-corrected chi connectivity index (χ0v) is 12.7. The first kappa shape index (κ1) is 14.5. The molecule has 1 aromatic carbocycles. The second kappa shape index (κ2) is 5.72. The van der Waals surface area contributed by atoms with Gasteiger partial charge in [-0.3, -0.25) is 0 Å². The molecule has 2 aromatic heterocycles. The monoisotopic (exact) mass is 318 g/mol. The molecule has 0 saturated heterocycles. The third kappa shape index (κ3) is 3.22. The second-order valence-electron chi connectivity index (χ2n) is 4.88. The molecule has 0 radical (unpaired) electrons. The van der Waals surface area contributed by atoms with Gasteiger partial charge in [0.2, 0.25) is 20.9 Å². The largest absolute Gasteiger partial charge is 0.337 e. The van der Waals surface area contributed by atoms with Crippen LogP contribution < -0.4 is 0 Å². The summed E-state index contributed by atoms with van der Waals surface area (Å²) < 4.78 is 29.8. The topological polar surface area (TPSA) is 90.9 Å². The zero-order chi connectivity index (χ0) is 15.6. The Morgan fingerprint density at radius 2 is 2.00 bits per heavy atom. The third-order valence-corrected chi connectivity index (χ3v) is 4.03. The van der Waals surface area contributed by atoms with Crippen LogP contribution in [0.3, 0.4) is 0 Å². The minimum Gasteiger partial charge on any atom is -0.337 e. The van der Waals surface area contributed by atoms with Crippen molar-refractivity contribution in [3.8, 4) is 0 Å². The maximum absolute atomic E-state index is 11.6. The molecule has 0 atom stereocenters. The van der Waals surface area contributed by atoms with Gasteiger partial charge in [-0.2, -0.15) is 4.98 Å². The van der Waals surface area contributed by atoms with Gasteiger partial charge < -0.3 is 9.09 Å². The highest BCUT2D eigenvalue weighted by molar-refractivity contribution is 7.90. The maximum atomic E-state index is 11.6. The van der Waals surface area contributed by atoms with Crippen LogP contribution in [0.4, 0.5) is 0 Å². The molecule has 0 unspecified atom stereocenters. The van der Waals surface area contributed by atoms with Crippen LogP contribution in [0.2, 0.25) is 0 Å². The standard InChI is InChI=1S/C14H14N4O3S/c1-22(19,20)14-15-7-8-18(14)10-13-16-12(17-21-13)9-11-5-3-2-4-6-11/h2-8H,9-10H2,1H3. The molecule has 0 bridgehead atoms. The van der Waals surface area contributed by atoms with Crippen LogP contribution in [-0.2, 0) is 22.8 Å². The number of aromatic nitrogens is 4. The molecule has 0 aliphatic heterocycles. The molecule has 7 nitrogen and oxygen atoms in total. The molecule has 0 amide bonds. The van der Waals surface area contributed by atoms with Crippen LogP contribution in [0, 0.1) is 0 Å². The molecule has 0 spiro atoms. The van der Waals surface area contributed by atoms with Gasteiger partial charge in [0.15, 0.2) is 5.82 Å². The molecule has 114 valence electrons. The zero-order valence-electron chi connectivity index (χ0n) is 11.9. The summed E-state index contributed by atoms with van der Waals surface area (Å²) >= 11 is 0. The van der Waals surface area contributed by atoms with Crippen LogP contribution >= 0.6 is 0 Å². The quantitative estimate of drug-likeness (QED) is 0.704. The first-order chi connectivity index (χ1) is 10.5. The van der Waals surface area contributed by atoms with Crippen LogP contribution in [0.15, 0.2) is 52.4 Å². The smallest absolute Gasteiger partial charge is 0.246 e. The van der Waals surface area contributed by atoms with E-state index in [-0.39, 0.29) is 11.7 Å². The van der Waals surface area contributed by atoms with Crippen LogP contribution in [0.5, 0.6) is 0 Å². The fourth-order valence-corrected chi connectivity index (χ4v) is 2.90. The van der Waals surface area contributed by atoms with Gasteiger partial charge in [0.25, 0.3) is 0 Å².